The minimum atomic E-state index is -0.0318. The number of nitrogens with one attached hydrogen (secondary N) is 3. The van der Waals surface area contributed by atoms with Crippen molar-refractivity contribution in [2.45, 2.75) is 96.8 Å². The van der Waals surface area contributed by atoms with Gasteiger partial charge >= 0.3 is 0 Å². The first-order valence-electron chi connectivity index (χ1n) is 12.0. The van der Waals surface area contributed by atoms with Crippen molar-refractivity contribution in [2.75, 3.05) is 12.4 Å². The Kier molecular flexibility index (Phi) is 15.5. The fraction of sp³-hybridized carbons (Fsp3) is 0.640. The zero-order valence-corrected chi connectivity index (χ0v) is 20.3. The number of hydrogen-bond acceptors (Lipinski definition) is 3. The standard InChI is InChI=1S/C25H41N3O2S/c1-3-4-5-6-7-8-9-10-11-12-13-14-24(30)28-25(31)27-22-18-15-21(16-19-22)17-20-23(29)26-2/h15-16,18-19H,3-14,17,20H2,1-2H3,(H,26,29)(H2,27,28,30,31). The maximum Gasteiger partial charge on any atom is 0.226 e. The lowest BCUT2D eigenvalue weighted by Gasteiger charge is -2.10. The number of aryl methyl sites for hydroxylation is 1. The number of amides is 2. The van der Waals surface area contributed by atoms with Crippen LogP contribution in [0.5, 0.6) is 0 Å². The number of carbonyl (C=O) groups is 2. The van der Waals surface area contributed by atoms with Gasteiger partial charge in [0.05, 0.1) is 0 Å². The molecular weight excluding hydrogens is 406 g/mol. The van der Waals surface area contributed by atoms with Gasteiger partial charge in [0.15, 0.2) is 5.11 Å². The van der Waals surface area contributed by atoms with E-state index >= 15 is 0 Å². The van der Waals surface area contributed by atoms with Crippen molar-refractivity contribution in [1.82, 2.24) is 10.6 Å². The molecule has 0 fully saturated rings. The SMILES string of the molecule is CCCCCCCCCCCCCC(=O)NC(=S)Nc1ccc(CCC(=O)NC)cc1. The predicted octanol–water partition coefficient (Wildman–Crippen LogP) is 5.88. The molecule has 0 radical (unpaired) electrons. The smallest absolute Gasteiger partial charge is 0.226 e. The molecule has 5 nitrogen and oxygen atoms in total. The van der Waals surface area contributed by atoms with Crippen molar-refractivity contribution in [3.8, 4) is 0 Å². The third kappa shape index (κ3) is 14.6. The maximum atomic E-state index is 12.1. The van der Waals surface area contributed by atoms with E-state index in [-0.39, 0.29) is 11.8 Å². The van der Waals surface area contributed by atoms with Crippen molar-refractivity contribution in [2.24, 2.45) is 0 Å². The molecule has 0 aliphatic rings. The number of thiocarbonyl (C=S) groups is 1. The molecule has 0 saturated carbocycles. The van der Waals surface area contributed by atoms with Gasteiger partial charge in [0.1, 0.15) is 0 Å². The van der Waals surface area contributed by atoms with Crippen molar-refractivity contribution < 1.29 is 9.59 Å². The lowest BCUT2D eigenvalue weighted by molar-refractivity contribution is -0.121. The predicted molar refractivity (Wildman–Crippen MR) is 134 cm³/mol. The molecule has 0 heterocycles. The minimum Gasteiger partial charge on any atom is -0.359 e. The van der Waals surface area contributed by atoms with Gasteiger partial charge in [-0.2, -0.15) is 0 Å². The number of rotatable bonds is 16. The van der Waals surface area contributed by atoms with Gasteiger partial charge in [-0.15, -0.1) is 0 Å². The third-order valence-electron chi connectivity index (χ3n) is 5.39. The quantitative estimate of drug-likeness (QED) is 0.219. The van der Waals surface area contributed by atoms with Crippen LogP contribution in [0.4, 0.5) is 5.69 Å². The average molecular weight is 448 g/mol. The summed E-state index contributed by atoms with van der Waals surface area (Å²) in [6.45, 7) is 2.25. The van der Waals surface area contributed by atoms with Gasteiger partial charge in [0.25, 0.3) is 0 Å². The van der Waals surface area contributed by atoms with Crippen LogP contribution in [0.15, 0.2) is 24.3 Å². The van der Waals surface area contributed by atoms with E-state index in [1.54, 1.807) is 7.05 Å². The minimum absolute atomic E-state index is 0.0314. The zero-order chi connectivity index (χ0) is 22.7. The van der Waals surface area contributed by atoms with Gasteiger partial charge in [0, 0.05) is 25.6 Å². The number of hydrogen-bond donors (Lipinski definition) is 3. The second-order valence-electron chi connectivity index (χ2n) is 8.16. The molecule has 3 N–H and O–H groups in total. The second kappa shape index (κ2) is 17.7. The molecule has 0 aliphatic heterocycles. The Morgan fingerprint density at radius 2 is 1.32 bits per heavy atom. The van der Waals surface area contributed by atoms with Crippen LogP contribution in [0.25, 0.3) is 0 Å². The summed E-state index contributed by atoms with van der Waals surface area (Å²) in [7, 11) is 1.64. The van der Waals surface area contributed by atoms with E-state index in [1.807, 2.05) is 24.3 Å². The molecule has 1 rings (SSSR count). The van der Waals surface area contributed by atoms with E-state index in [1.165, 1.54) is 57.8 Å². The van der Waals surface area contributed by atoms with Crippen molar-refractivity contribution >= 4 is 34.8 Å². The summed E-state index contributed by atoms with van der Waals surface area (Å²) in [5.74, 6) is -0.000446. The maximum absolute atomic E-state index is 12.1. The molecule has 6 heteroatoms. The Hall–Kier alpha value is -1.95. The fourth-order valence-corrected chi connectivity index (χ4v) is 3.67. The van der Waals surface area contributed by atoms with Crippen LogP contribution in [0, 0.1) is 0 Å². The molecule has 0 saturated heterocycles. The van der Waals surface area contributed by atoms with Gasteiger partial charge in [-0.05, 0) is 42.8 Å². The fourth-order valence-electron chi connectivity index (χ4n) is 3.44. The van der Waals surface area contributed by atoms with Crippen LogP contribution in [-0.2, 0) is 16.0 Å². The summed E-state index contributed by atoms with van der Waals surface area (Å²) in [5.41, 5.74) is 1.91. The van der Waals surface area contributed by atoms with Crippen LogP contribution in [0.2, 0.25) is 0 Å². The van der Waals surface area contributed by atoms with Gasteiger partial charge in [-0.3, -0.25) is 9.59 Å². The Labute approximate surface area is 194 Å². The largest absolute Gasteiger partial charge is 0.359 e. The Bertz CT molecular complexity index is 647. The first kappa shape index (κ1) is 27.1. The molecule has 0 bridgehead atoms. The highest BCUT2D eigenvalue weighted by atomic mass is 32.1. The third-order valence-corrected chi connectivity index (χ3v) is 5.60. The van der Waals surface area contributed by atoms with Crippen LogP contribution in [-0.4, -0.2) is 24.0 Å². The zero-order valence-electron chi connectivity index (χ0n) is 19.4. The normalized spacial score (nSPS) is 10.5. The van der Waals surface area contributed by atoms with Gasteiger partial charge in [0.2, 0.25) is 11.8 Å². The molecule has 174 valence electrons. The van der Waals surface area contributed by atoms with Crippen LogP contribution in [0.3, 0.4) is 0 Å². The van der Waals surface area contributed by atoms with Crippen molar-refractivity contribution in [1.29, 1.82) is 0 Å². The Morgan fingerprint density at radius 1 is 0.774 bits per heavy atom. The second-order valence-corrected chi connectivity index (χ2v) is 8.57. The van der Waals surface area contributed by atoms with E-state index in [4.69, 9.17) is 12.2 Å². The average Bonchev–Trinajstić information content (AvgIpc) is 2.76. The number of unbranched alkanes of at least 4 members (excludes halogenated alkanes) is 10. The summed E-state index contributed by atoms with van der Waals surface area (Å²) in [6.07, 6.45) is 15.6. The molecule has 1 aromatic rings. The first-order chi connectivity index (χ1) is 15.0. The summed E-state index contributed by atoms with van der Waals surface area (Å²) >= 11 is 5.24. The van der Waals surface area contributed by atoms with Gasteiger partial charge in [-0.25, -0.2) is 0 Å². The number of benzene rings is 1. The Balaban J connectivity index is 2.07. The highest BCUT2D eigenvalue weighted by Gasteiger charge is 2.05. The molecule has 2 amide bonds. The highest BCUT2D eigenvalue weighted by molar-refractivity contribution is 7.80. The summed E-state index contributed by atoms with van der Waals surface area (Å²) in [5, 5.41) is 8.74. The van der Waals surface area contributed by atoms with Crippen LogP contribution in [0.1, 0.15) is 96.0 Å². The van der Waals surface area contributed by atoms with E-state index in [0.29, 0.717) is 24.4 Å². The molecule has 0 atom stereocenters. The first-order valence-corrected chi connectivity index (χ1v) is 12.4. The summed E-state index contributed by atoms with van der Waals surface area (Å²) in [4.78, 5) is 23.4. The molecular formula is C25H41N3O2S. The number of carbonyl (C=O) groups excluding carboxylic acids is 2. The van der Waals surface area contributed by atoms with Crippen LogP contribution < -0.4 is 16.0 Å². The van der Waals surface area contributed by atoms with Crippen molar-refractivity contribution in [3.63, 3.8) is 0 Å². The van der Waals surface area contributed by atoms with E-state index in [9.17, 15) is 9.59 Å². The highest BCUT2D eigenvalue weighted by Crippen LogP contribution is 2.13. The van der Waals surface area contributed by atoms with Crippen LogP contribution >= 0.6 is 12.2 Å². The lowest BCUT2D eigenvalue weighted by Crippen LogP contribution is -2.33. The van der Waals surface area contributed by atoms with Gasteiger partial charge < -0.3 is 16.0 Å². The van der Waals surface area contributed by atoms with Gasteiger partial charge in [-0.1, -0.05) is 83.3 Å². The molecule has 0 unspecified atom stereocenters. The molecule has 0 aliphatic carbocycles. The molecule has 1 aromatic carbocycles. The molecule has 0 spiro atoms. The van der Waals surface area contributed by atoms with E-state index in [2.05, 4.69) is 22.9 Å². The lowest BCUT2D eigenvalue weighted by atomic mass is 10.1. The molecule has 0 aromatic heterocycles. The molecule has 31 heavy (non-hydrogen) atoms. The summed E-state index contributed by atoms with van der Waals surface area (Å²) in [6, 6.07) is 7.73. The topological polar surface area (TPSA) is 70.2 Å². The Morgan fingerprint density at radius 3 is 1.87 bits per heavy atom. The summed E-state index contributed by atoms with van der Waals surface area (Å²) < 4.78 is 0. The van der Waals surface area contributed by atoms with E-state index in [0.717, 1.165) is 24.1 Å². The van der Waals surface area contributed by atoms with E-state index < -0.39 is 0 Å². The monoisotopic (exact) mass is 447 g/mol. The van der Waals surface area contributed by atoms with Crippen molar-refractivity contribution in [3.05, 3.63) is 29.8 Å². The number of anilines is 1.